The minimum Gasteiger partial charge on any atom is -0.481 e. The van der Waals surface area contributed by atoms with E-state index in [1.165, 1.54) is 0 Å². The third-order valence-electron chi connectivity index (χ3n) is 6.94. The third kappa shape index (κ3) is 5.08. The van der Waals surface area contributed by atoms with Crippen LogP contribution < -0.4 is 10.6 Å². The zero-order valence-electron chi connectivity index (χ0n) is 19.6. The van der Waals surface area contributed by atoms with Gasteiger partial charge in [0.1, 0.15) is 12.6 Å². The Bertz CT molecular complexity index is 1020. The molecule has 2 aromatic carbocycles. The first-order valence-electron chi connectivity index (χ1n) is 12.0. The molecule has 0 aliphatic heterocycles. The average molecular weight is 465 g/mol. The van der Waals surface area contributed by atoms with E-state index < -0.39 is 24.0 Å². The summed E-state index contributed by atoms with van der Waals surface area (Å²) in [6, 6.07) is 15.3. The van der Waals surface area contributed by atoms with Gasteiger partial charge in [-0.2, -0.15) is 0 Å². The molecule has 0 spiro atoms. The quantitative estimate of drug-likeness (QED) is 0.566. The summed E-state index contributed by atoms with van der Waals surface area (Å²) in [5, 5.41) is 15.0. The van der Waals surface area contributed by atoms with Crippen molar-refractivity contribution in [3.05, 3.63) is 59.7 Å². The highest BCUT2D eigenvalue weighted by atomic mass is 16.5. The van der Waals surface area contributed by atoms with E-state index in [4.69, 9.17) is 4.74 Å². The number of carboxylic acid groups (broad SMARTS) is 1. The highest BCUT2D eigenvalue weighted by Crippen LogP contribution is 2.44. The molecule has 0 saturated heterocycles. The summed E-state index contributed by atoms with van der Waals surface area (Å²) < 4.78 is 5.60. The van der Waals surface area contributed by atoms with Gasteiger partial charge in [-0.15, -0.1) is 0 Å². The largest absolute Gasteiger partial charge is 0.481 e. The van der Waals surface area contributed by atoms with Crippen molar-refractivity contribution in [3.8, 4) is 11.1 Å². The van der Waals surface area contributed by atoms with Crippen LogP contribution in [0.5, 0.6) is 0 Å². The van der Waals surface area contributed by atoms with E-state index in [0.717, 1.165) is 35.1 Å². The fourth-order valence-corrected chi connectivity index (χ4v) is 5.14. The minimum atomic E-state index is -0.823. The lowest BCUT2D eigenvalue weighted by Gasteiger charge is -2.30. The number of alkyl carbamates (subject to hydrolysis) is 1. The Morgan fingerprint density at radius 1 is 1.00 bits per heavy atom. The number of amides is 2. The fourth-order valence-electron chi connectivity index (χ4n) is 5.14. The number of rotatable bonds is 7. The molecule has 0 bridgehead atoms. The standard InChI is InChI=1S/C27H32N2O5/c1-16(2)24(25(30)28-18-9-7-8-17(14-18)26(31)32)29-27(33)34-15-23-21-12-5-3-10-19(21)20-11-4-6-13-22(20)23/h3-6,10-13,16-18,23-24H,7-9,14-15H2,1-2H3,(H,28,30)(H,29,33)(H,31,32)/t17-,18+,24+/m0/s1. The lowest BCUT2D eigenvalue weighted by atomic mass is 9.85. The molecule has 0 radical (unpaired) electrons. The van der Waals surface area contributed by atoms with Crippen LogP contribution in [0.15, 0.2) is 48.5 Å². The number of aliphatic carboxylic acids is 1. The molecule has 1 fully saturated rings. The summed E-state index contributed by atoms with van der Waals surface area (Å²) in [4.78, 5) is 36.9. The van der Waals surface area contributed by atoms with E-state index >= 15 is 0 Å². The van der Waals surface area contributed by atoms with E-state index in [1.807, 2.05) is 38.1 Å². The van der Waals surface area contributed by atoms with Gasteiger partial charge in [0.15, 0.2) is 0 Å². The minimum absolute atomic E-state index is 0.0559. The first-order valence-corrected chi connectivity index (χ1v) is 12.0. The number of fused-ring (bicyclic) bond motifs is 3. The van der Waals surface area contributed by atoms with Gasteiger partial charge < -0.3 is 20.5 Å². The van der Waals surface area contributed by atoms with Crippen LogP contribution in [-0.4, -0.2) is 41.8 Å². The predicted octanol–water partition coefficient (Wildman–Crippen LogP) is 4.31. The molecule has 7 nitrogen and oxygen atoms in total. The van der Waals surface area contributed by atoms with Crippen LogP contribution in [-0.2, 0) is 14.3 Å². The van der Waals surface area contributed by atoms with Crippen molar-refractivity contribution in [3.63, 3.8) is 0 Å². The second-order valence-electron chi connectivity index (χ2n) is 9.60. The molecule has 0 aromatic heterocycles. The maximum atomic E-state index is 12.9. The SMILES string of the molecule is CC(C)[C@@H](NC(=O)OCC1c2ccccc2-c2ccccc21)C(=O)N[C@@H]1CCC[C@H](C(=O)O)C1. The molecule has 34 heavy (non-hydrogen) atoms. The molecule has 7 heteroatoms. The number of hydrogen-bond donors (Lipinski definition) is 3. The van der Waals surface area contributed by atoms with Crippen molar-refractivity contribution in [1.82, 2.24) is 10.6 Å². The molecule has 2 aliphatic rings. The first-order chi connectivity index (χ1) is 16.3. The van der Waals surface area contributed by atoms with Crippen LogP contribution in [0.25, 0.3) is 11.1 Å². The van der Waals surface area contributed by atoms with Crippen molar-refractivity contribution >= 4 is 18.0 Å². The van der Waals surface area contributed by atoms with Crippen molar-refractivity contribution in [2.75, 3.05) is 6.61 Å². The Morgan fingerprint density at radius 3 is 2.21 bits per heavy atom. The monoisotopic (exact) mass is 464 g/mol. The molecule has 3 atom stereocenters. The van der Waals surface area contributed by atoms with Crippen molar-refractivity contribution in [1.29, 1.82) is 0 Å². The lowest BCUT2D eigenvalue weighted by Crippen LogP contribution is -2.53. The van der Waals surface area contributed by atoms with Gasteiger partial charge in [-0.05, 0) is 47.4 Å². The summed E-state index contributed by atoms with van der Waals surface area (Å²) in [6.07, 6.45) is 1.91. The van der Waals surface area contributed by atoms with Crippen molar-refractivity contribution in [2.24, 2.45) is 11.8 Å². The van der Waals surface area contributed by atoms with Gasteiger partial charge in [-0.25, -0.2) is 4.79 Å². The Morgan fingerprint density at radius 2 is 1.62 bits per heavy atom. The van der Waals surface area contributed by atoms with Crippen molar-refractivity contribution in [2.45, 2.75) is 57.5 Å². The normalized spacial score (nSPS) is 20.2. The van der Waals surface area contributed by atoms with Gasteiger partial charge in [0.2, 0.25) is 5.91 Å². The van der Waals surface area contributed by atoms with E-state index in [9.17, 15) is 19.5 Å². The lowest BCUT2D eigenvalue weighted by molar-refractivity contribution is -0.143. The van der Waals surface area contributed by atoms with Crippen LogP contribution in [0.4, 0.5) is 4.79 Å². The van der Waals surface area contributed by atoms with Gasteiger partial charge in [-0.3, -0.25) is 9.59 Å². The van der Waals surface area contributed by atoms with Crippen molar-refractivity contribution < 1.29 is 24.2 Å². The van der Waals surface area contributed by atoms with E-state index in [0.29, 0.717) is 12.8 Å². The van der Waals surface area contributed by atoms with E-state index in [-0.39, 0.29) is 30.4 Å². The summed E-state index contributed by atoms with van der Waals surface area (Å²) in [5.74, 6) is -1.78. The molecular weight excluding hydrogens is 432 g/mol. The van der Waals surface area contributed by atoms with Gasteiger partial charge in [0.05, 0.1) is 5.92 Å². The molecule has 0 heterocycles. The summed E-state index contributed by atoms with van der Waals surface area (Å²) in [7, 11) is 0. The number of carbonyl (C=O) groups is 3. The summed E-state index contributed by atoms with van der Waals surface area (Å²) in [6.45, 7) is 3.89. The highest BCUT2D eigenvalue weighted by molar-refractivity contribution is 5.86. The zero-order chi connectivity index (χ0) is 24.2. The van der Waals surface area contributed by atoms with Gasteiger partial charge in [0.25, 0.3) is 0 Å². The van der Waals surface area contributed by atoms with Gasteiger partial charge in [0, 0.05) is 12.0 Å². The summed E-state index contributed by atoms with van der Waals surface area (Å²) >= 11 is 0. The topological polar surface area (TPSA) is 105 Å². The number of hydrogen-bond acceptors (Lipinski definition) is 4. The molecule has 2 aliphatic carbocycles. The molecule has 3 N–H and O–H groups in total. The maximum absolute atomic E-state index is 12.9. The molecule has 2 amide bonds. The average Bonchev–Trinajstić information content (AvgIpc) is 3.15. The van der Waals surface area contributed by atoms with Crippen LogP contribution in [0.3, 0.4) is 0 Å². The van der Waals surface area contributed by atoms with Gasteiger partial charge in [-0.1, -0.05) is 68.8 Å². The Labute approximate surface area is 199 Å². The van der Waals surface area contributed by atoms with Crippen LogP contribution in [0, 0.1) is 11.8 Å². The molecular formula is C27H32N2O5. The maximum Gasteiger partial charge on any atom is 0.407 e. The van der Waals surface area contributed by atoms with E-state index in [1.54, 1.807) is 0 Å². The van der Waals surface area contributed by atoms with Crippen LogP contribution >= 0.6 is 0 Å². The third-order valence-corrected chi connectivity index (χ3v) is 6.94. The van der Waals surface area contributed by atoms with Gasteiger partial charge >= 0.3 is 12.1 Å². The molecule has 0 unspecified atom stereocenters. The second kappa shape index (κ2) is 10.3. The fraction of sp³-hybridized carbons (Fsp3) is 0.444. The number of carboxylic acids is 1. The Balaban J connectivity index is 1.36. The second-order valence-corrected chi connectivity index (χ2v) is 9.60. The molecule has 180 valence electrons. The number of benzene rings is 2. The smallest absolute Gasteiger partial charge is 0.407 e. The molecule has 1 saturated carbocycles. The van der Waals surface area contributed by atoms with E-state index in [2.05, 4.69) is 34.9 Å². The predicted molar refractivity (Wildman–Crippen MR) is 128 cm³/mol. The summed E-state index contributed by atoms with van der Waals surface area (Å²) in [5.41, 5.74) is 4.55. The first kappa shape index (κ1) is 23.8. The number of nitrogens with one attached hydrogen (secondary N) is 2. The molecule has 2 aromatic rings. The number of ether oxygens (including phenoxy) is 1. The Hall–Kier alpha value is -3.35. The number of carbonyl (C=O) groups excluding carboxylic acids is 2. The molecule has 4 rings (SSSR count). The van der Waals surface area contributed by atoms with Crippen LogP contribution in [0.1, 0.15) is 56.6 Å². The highest BCUT2D eigenvalue weighted by Gasteiger charge is 2.32. The Kier molecular flexibility index (Phi) is 7.20. The van der Waals surface area contributed by atoms with Crippen LogP contribution in [0.2, 0.25) is 0 Å². The zero-order valence-corrected chi connectivity index (χ0v) is 19.6.